The van der Waals surface area contributed by atoms with E-state index in [1.54, 1.807) is 29.6 Å². The van der Waals surface area contributed by atoms with Gasteiger partial charge in [-0.05, 0) is 30.0 Å². The number of hydrogen-bond acceptors (Lipinski definition) is 4. The minimum absolute atomic E-state index is 0.0836. The highest BCUT2D eigenvalue weighted by Gasteiger charge is 2.55. The van der Waals surface area contributed by atoms with Gasteiger partial charge in [-0.15, -0.1) is 0 Å². The molecule has 7 heteroatoms. The number of carbonyl (C=O) groups excluding carboxylic acids is 2. The van der Waals surface area contributed by atoms with Crippen LogP contribution in [0.3, 0.4) is 0 Å². The van der Waals surface area contributed by atoms with Crippen LogP contribution in [0.2, 0.25) is 0 Å². The molecule has 4 heterocycles. The molecular formula is C18H21N5O2. The van der Waals surface area contributed by atoms with Gasteiger partial charge in [0.1, 0.15) is 5.69 Å². The van der Waals surface area contributed by atoms with Crippen LogP contribution in [-0.4, -0.2) is 56.4 Å². The summed E-state index contributed by atoms with van der Waals surface area (Å²) in [5.74, 6) is 0.217. The third-order valence-electron chi connectivity index (χ3n) is 5.57. The highest BCUT2D eigenvalue weighted by molar-refractivity contribution is 5.94. The normalized spacial score (nSPS) is 26.0. The minimum atomic E-state index is -0.460. The number of H-pyrrole nitrogens is 1. The van der Waals surface area contributed by atoms with Crippen molar-refractivity contribution < 1.29 is 9.59 Å². The third-order valence-corrected chi connectivity index (χ3v) is 5.57. The number of likely N-dealkylation sites (tertiary alicyclic amines) is 2. The van der Waals surface area contributed by atoms with Crippen LogP contribution in [0.5, 0.6) is 0 Å². The van der Waals surface area contributed by atoms with Crippen LogP contribution < -0.4 is 0 Å². The van der Waals surface area contributed by atoms with Gasteiger partial charge in [-0.3, -0.25) is 19.7 Å². The Morgan fingerprint density at radius 3 is 3.00 bits per heavy atom. The van der Waals surface area contributed by atoms with Crippen molar-refractivity contribution in [3.63, 3.8) is 0 Å². The highest BCUT2D eigenvalue weighted by Crippen LogP contribution is 2.45. The van der Waals surface area contributed by atoms with Crippen LogP contribution in [0.4, 0.5) is 0 Å². The van der Waals surface area contributed by atoms with Gasteiger partial charge in [0.05, 0.1) is 5.41 Å². The number of amides is 2. The Morgan fingerprint density at radius 1 is 1.40 bits per heavy atom. The number of aromatic amines is 1. The lowest BCUT2D eigenvalue weighted by molar-refractivity contribution is -0.137. The van der Waals surface area contributed by atoms with E-state index in [4.69, 9.17) is 0 Å². The maximum absolute atomic E-state index is 13.1. The Morgan fingerprint density at radius 2 is 2.28 bits per heavy atom. The number of aromatic nitrogens is 3. The van der Waals surface area contributed by atoms with E-state index in [2.05, 4.69) is 22.1 Å². The summed E-state index contributed by atoms with van der Waals surface area (Å²) >= 11 is 0. The van der Waals surface area contributed by atoms with Crippen molar-refractivity contribution >= 4 is 11.8 Å². The molecule has 2 aromatic rings. The van der Waals surface area contributed by atoms with E-state index in [0.29, 0.717) is 25.3 Å². The van der Waals surface area contributed by atoms with E-state index in [9.17, 15) is 9.59 Å². The first kappa shape index (κ1) is 15.8. The van der Waals surface area contributed by atoms with Crippen molar-refractivity contribution in [3.05, 3.63) is 48.0 Å². The summed E-state index contributed by atoms with van der Waals surface area (Å²) in [6.07, 6.45) is 5.89. The summed E-state index contributed by atoms with van der Waals surface area (Å²) in [5, 5.41) is 6.56. The molecule has 1 spiro atoms. The third kappa shape index (κ3) is 2.59. The molecule has 0 aliphatic carbocycles. The molecule has 0 radical (unpaired) electrons. The van der Waals surface area contributed by atoms with Crippen LogP contribution in [0.15, 0.2) is 36.8 Å². The van der Waals surface area contributed by atoms with E-state index >= 15 is 0 Å². The first-order valence-electron chi connectivity index (χ1n) is 8.57. The summed E-state index contributed by atoms with van der Waals surface area (Å²) < 4.78 is 0. The van der Waals surface area contributed by atoms with Gasteiger partial charge in [0.15, 0.2) is 0 Å². The molecule has 1 N–H and O–H groups in total. The zero-order chi connectivity index (χ0) is 17.4. The molecule has 25 heavy (non-hydrogen) atoms. The van der Waals surface area contributed by atoms with Crippen LogP contribution in [-0.2, 0) is 11.3 Å². The SMILES string of the molecule is C[C@@H]1CN(C(=O)c2ccn[nH]2)C[C@]12CCN(Cc1cccnc1)C2=O. The monoisotopic (exact) mass is 339 g/mol. The Hall–Kier alpha value is -2.70. The fourth-order valence-corrected chi connectivity index (χ4v) is 4.09. The second kappa shape index (κ2) is 5.98. The summed E-state index contributed by atoms with van der Waals surface area (Å²) in [6.45, 7) is 4.46. The van der Waals surface area contributed by atoms with Crippen LogP contribution in [0.25, 0.3) is 0 Å². The molecule has 2 atom stereocenters. The molecule has 130 valence electrons. The number of rotatable bonds is 3. The predicted molar refractivity (Wildman–Crippen MR) is 90.4 cm³/mol. The van der Waals surface area contributed by atoms with E-state index in [1.165, 1.54) is 0 Å². The molecule has 2 aliphatic heterocycles. The van der Waals surface area contributed by atoms with Gasteiger partial charge in [-0.2, -0.15) is 5.10 Å². The molecule has 2 aromatic heterocycles. The second-order valence-electron chi connectivity index (χ2n) is 7.05. The maximum Gasteiger partial charge on any atom is 0.271 e. The van der Waals surface area contributed by atoms with Crippen molar-refractivity contribution in [1.82, 2.24) is 25.0 Å². The van der Waals surface area contributed by atoms with Gasteiger partial charge in [0, 0.05) is 44.8 Å². The Balaban J connectivity index is 1.50. The van der Waals surface area contributed by atoms with Crippen LogP contribution in [0.1, 0.15) is 29.4 Å². The number of nitrogens with zero attached hydrogens (tertiary/aromatic N) is 4. The highest BCUT2D eigenvalue weighted by atomic mass is 16.2. The Labute approximate surface area is 146 Å². The molecule has 2 saturated heterocycles. The van der Waals surface area contributed by atoms with Crippen molar-refractivity contribution in [3.8, 4) is 0 Å². The van der Waals surface area contributed by atoms with Crippen molar-refractivity contribution in [2.24, 2.45) is 11.3 Å². The van der Waals surface area contributed by atoms with Gasteiger partial charge in [0.25, 0.3) is 5.91 Å². The van der Waals surface area contributed by atoms with E-state index in [0.717, 1.165) is 18.5 Å². The second-order valence-corrected chi connectivity index (χ2v) is 7.05. The topological polar surface area (TPSA) is 82.2 Å². The molecule has 7 nitrogen and oxygen atoms in total. The van der Waals surface area contributed by atoms with Gasteiger partial charge in [-0.1, -0.05) is 13.0 Å². The fraction of sp³-hybridized carbons (Fsp3) is 0.444. The van der Waals surface area contributed by atoms with Crippen molar-refractivity contribution in [2.75, 3.05) is 19.6 Å². The van der Waals surface area contributed by atoms with E-state index < -0.39 is 5.41 Å². The van der Waals surface area contributed by atoms with Crippen LogP contribution in [0, 0.1) is 11.3 Å². The Bertz CT molecular complexity index is 776. The fourth-order valence-electron chi connectivity index (χ4n) is 4.09. The lowest BCUT2D eigenvalue weighted by Gasteiger charge is -2.26. The summed E-state index contributed by atoms with van der Waals surface area (Å²) in [5.41, 5.74) is 1.04. The molecule has 4 rings (SSSR count). The van der Waals surface area contributed by atoms with Gasteiger partial charge in [0.2, 0.25) is 5.91 Å². The summed E-state index contributed by atoms with van der Waals surface area (Å²) in [6, 6.07) is 5.54. The summed E-state index contributed by atoms with van der Waals surface area (Å²) in [7, 11) is 0. The van der Waals surface area contributed by atoms with E-state index in [-0.39, 0.29) is 17.7 Å². The van der Waals surface area contributed by atoms with Crippen molar-refractivity contribution in [2.45, 2.75) is 19.9 Å². The lowest BCUT2D eigenvalue weighted by Crippen LogP contribution is -2.40. The molecule has 0 saturated carbocycles. The minimum Gasteiger partial charge on any atom is -0.338 e. The standard InChI is InChI=1S/C18H21N5O2/c1-13-10-23(16(24)15-4-7-20-21-15)12-18(13)5-8-22(17(18)25)11-14-3-2-6-19-9-14/h2-4,6-7,9,13H,5,8,10-12H2,1H3,(H,20,21)/t13-,18-/m1/s1. The smallest absolute Gasteiger partial charge is 0.271 e. The number of carbonyl (C=O) groups is 2. The predicted octanol–water partition coefficient (Wildman–Crippen LogP) is 1.32. The molecule has 0 bridgehead atoms. The first-order valence-corrected chi connectivity index (χ1v) is 8.57. The van der Waals surface area contributed by atoms with E-state index in [1.807, 2.05) is 17.0 Å². The van der Waals surface area contributed by atoms with Gasteiger partial charge >= 0.3 is 0 Å². The largest absolute Gasteiger partial charge is 0.338 e. The molecular weight excluding hydrogens is 318 g/mol. The van der Waals surface area contributed by atoms with Crippen LogP contribution >= 0.6 is 0 Å². The number of hydrogen-bond donors (Lipinski definition) is 1. The first-order chi connectivity index (χ1) is 12.1. The van der Waals surface area contributed by atoms with Crippen molar-refractivity contribution in [1.29, 1.82) is 0 Å². The summed E-state index contributed by atoms with van der Waals surface area (Å²) in [4.78, 5) is 33.5. The average molecular weight is 339 g/mol. The molecule has 2 aliphatic rings. The number of nitrogens with one attached hydrogen (secondary N) is 1. The lowest BCUT2D eigenvalue weighted by atomic mass is 9.78. The maximum atomic E-state index is 13.1. The molecule has 2 fully saturated rings. The quantitative estimate of drug-likeness (QED) is 0.914. The Kier molecular flexibility index (Phi) is 3.78. The van der Waals surface area contributed by atoms with Gasteiger partial charge in [-0.25, -0.2) is 0 Å². The number of pyridine rings is 1. The zero-order valence-corrected chi connectivity index (χ0v) is 14.2. The zero-order valence-electron chi connectivity index (χ0n) is 14.2. The average Bonchev–Trinajstić information content (AvgIpc) is 3.33. The van der Waals surface area contributed by atoms with Gasteiger partial charge < -0.3 is 9.80 Å². The molecule has 0 unspecified atom stereocenters. The molecule has 2 amide bonds. The molecule has 0 aromatic carbocycles.